The smallest absolute Gasteiger partial charge is 0.234 e. The van der Waals surface area contributed by atoms with Gasteiger partial charge in [-0.05, 0) is 48.1 Å². The van der Waals surface area contributed by atoms with Gasteiger partial charge in [0.05, 0.1) is 16.5 Å². The van der Waals surface area contributed by atoms with Crippen molar-refractivity contribution in [1.82, 2.24) is 10.2 Å². The first-order chi connectivity index (χ1) is 14.3. The molecule has 2 aromatic carbocycles. The highest BCUT2D eigenvalue weighted by molar-refractivity contribution is 8.03. The van der Waals surface area contributed by atoms with Crippen LogP contribution in [-0.2, 0) is 10.5 Å². The third kappa shape index (κ3) is 6.48. The maximum atomic E-state index is 12.3. The van der Waals surface area contributed by atoms with Crippen molar-refractivity contribution < 1.29 is 4.79 Å². The number of hydrogen-bond acceptors (Lipinski definition) is 6. The molecule has 0 atom stereocenters. The molecular weight excluding hydrogens is 454 g/mol. The first-order valence-electron chi connectivity index (χ1n) is 9.56. The fraction of sp³-hybridized carbons (Fsp3) is 0.318. The summed E-state index contributed by atoms with van der Waals surface area (Å²) in [5, 5.41) is 11.9. The molecule has 1 heterocycles. The van der Waals surface area contributed by atoms with Crippen LogP contribution in [0.5, 0.6) is 0 Å². The molecule has 0 aliphatic carbocycles. The van der Waals surface area contributed by atoms with Gasteiger partial charge in [0.2, 0.25) is 5.91 Å². The van der Waals surface area contributed by atoms with E-state index in [4.69, 9.17) is 11.6 Å². The number of benzene rings is 2. The minimum absolute atomic E-state index is 0.108. The summed E-state index contributed by atoms with van der Waals surface area (Å²) < 4.78 is 1.69. The fourth-order valence-electron chi connectivity index (χ4n) is 2.83. The minimum atomic E-state index is -0.108. The van der Waals surface area contributed by atoms with E-state index in [9.17, 15) is 4.79 Å². The van der Waals surface area contributed by atoms with Gasteiger partial charge in [-0.2, -0.15) is 0 Å². The van der Waals surface area contributed by atoms with E-state index in [1.54, 1.807) is 11.8 Å². The molecular formula is C22H24ClN3OS3. The molecule has 0 bridgehead atoms. The van der Waals surface area contributed by atoms with Crippen LogP contribution < -0.4 is 5.32 Å². The van der Waals surface area contributed by atoms with E-state index in [2.05, 4.69) is 53.6 Å². The Labute approximate surface area is 195 Å². The second-order valence-electron chi connectivity index (χ2n) is 7.29. The summed E-state index contributed by atoms with van der Waals surface area (Å²) in [5.41, 5.74) is 5.30. The Kier molecular flexibility index (Phi) is 8.22. The van der Waals surface area contributed by atoms with E-state index in [1.807, 2.05) is 26.0 Å². The number of hydrogen-bond donors (Lipinski definition) is 1. The average molecular weight is 478 g/mol. The number of thioether (sulfide) groups is 2. The van der Waals surface area contributed by atoms with Gasteiger partial charge in [-0.15, -0.1) is 10.2 Å². The number of carbonyl (C=O) groups excluding carboxylic acids is 1. The van der Waals surface area contributed by atoms with Crippen molar-refractivity contribution in [1.29, 1.82) is 0 Å². The molecule has 0 radical (unpaired) electrons. The molecule has 0 saturated heterocycles. The second kappa shape index (κ2) is 10.7. The summed E-state index contributed by atoms with van der Waals surface area (Å²) >= 11 is 10.8. The Bertz CT molecular complexity index is 996. The Morgan fingerprint density at radius 3 is 2.40 bits per heavy atom. The fourth-order valence-corrected chi connectivity index (χ4v) is 5.98. The first kappa shape index (κ1) is 23.1. The lowest BCUT2D eigenvalue weighted by atomic mass is 10.0. The van der Waals surface area contributed by atoms with Crippen LogP contribution in [0.1, 0.15) is 42.0 Å². The Hall–Kier alpha value is -1.54. The summed E-state index contributed by atoms with van der Waals surface area (Å²) in [6.07, 6.45) is 0. The topological polar surface area (TPSA) is 54.9 Å². The summed E-state index contributed by atoms with van der Waals surface area (Å²) in [7, 11) is 0. The number of nitrogens with one attached hydrogen (secondary N) is 1. The van der Waals surface area contributed by atoms with Gasteiger partial charge >= 0.3 is 0 Å². The predicted molar refractivity (Wildman–Crippen MR) is 130 cm³/mol. The largest absolute Gasteiger partial charge is 0.324 e. The van der Waals surface area contributed by atoms with Crippen LogP contribution in [0.3, 0.4) is 0 Å². The van der Waals surface area contributed by atoms with Gasteiger partial charge in [0, 0.05) is 5.75 Å². The van der Waals surface area contributed by atoms with Crippen LogP contribution in [0.25, 0.3) is 0 Å². The molecule has 0 aliphatic heterocycles. The van der Waals surface area contributed by atoms with Crippen molar-refractivity contribution in [3.63, 3.8) is 0 Å². The first-order valence-corrected chi connectivity index (χ1v) is 12.7. The number of aryl methyl sites for hydroxylation is 2. The summed E-state index contributed by atoms with van der Waals surface area (Å²) in [5.74, 6) is 1.55. The van der Waals surface area contributed by atoms with E-state index < -0.39 is 0 Å². The number of carbonyl (C=O) groups is 1. The van der Waals surface area contributed by atoms with E-state index in [-0.39, 0.29) is 11.7 Å². The van der Waals surface area contributed by atoms with Crippen LogP contribution in [-0.4, -0.2) is 21.9 Å². The SMILES string of the molecule is Cc1cc(C)c(NC(=O)CSc2nnc(SCc3ccc(C(C)C)cc3)s2)c(Cl)c1. The van der Waals surface area contributed by atoms with Gasteiger partial charge in [0.25, 0.3) is 0 Å². The predicted octanol–water partition coefficient (Wildman–Crippen LogP) is 6.95. The Morgan fingerprint density at radius 1 is 1.10 bits per heavy atom. The zero-order chi connectivity index (χ0) is 21.7. The molecule has 4 nitrogen and oxygen atoms in total. The number of nitrogens with zero attached hydrogens (tertiary/aromatic N) is 2. The van der Waals surface area contributed by atoms with Crippen LogP contribution in [0.2, 0.25) is 5.02 Å². The molecule has 0 saturated carbocycles. The average Bonchev–Trinajstić information content (AvgIpc) is 3.16. The van der Waals surface area contributed by atoms with E-state index in [0.717, 1.165) is 25.6 Å². The molecule has 1 amide bonds. The molecule has 0 fully saturated rings. The normalized spacial score (nSPS) is 11.1. The van der Waals surface area contributed by atoms with Crippen LogP contribution in [0.15, 0.2) is 45.1 Å². The number of rotatable bonds is 8. The number of anilines is 1. The number of amides is 1. The lowest BCUT2D eigenvalue weighted by molar-refractivity contribution is -0.113. The van der Waals surface area contributed by atoms with E-state index >= 15 is 0 Å². The van der Waals surface area contributed by atoms with Gasteiger partial charge in [-0.3, -0.25) is 4.79 Å². The zero-order valence-electron chi connectivity index (χ0n) is 17.4. The molecule has 1 N–H and O–H groups in total. The molecule has 3 rings (SSSR count). The number of halogens is 1. The minimum Gasteiger partial charge on any atom is -0.324 e. The molecule has 1 aromatic heterocycles. The van der Waals surface area contributed by atoms with Crippen molar-refractivity contribution >= 4 is 58.1 Å². The van der Waals surface area contributed by atoms with Gasteiger partial charge in [0.1, 0.15) is 0 Å². The third-order valence-electron chi connectivity index (χ3n) is 4.42. The van der Waals surface area contributed by atoms with Gasteiger partial charge < -0.3 is 5.32 Å². The maximum Gasteiger partial charge on any atom is 0.234 e. The van der Waals surface area contributed by atoms with E-state index in [0.29, 0.717) is 16.6 Å². The lowest BCUT2D eigenvalue weighted by Gasteiger charge is -2.11. The highest BCUT2D eigenvalue weighted by Gasteiger charge is 2.12. The quantitative estimate of drug-likeness (QED) is 0.355. The maximum absolute atomic E-state index is 12.3. The molecule has 0 aliphatic rings. The van der Waals surface area contributed by atoms with Crippen LogP contribution >= 0.6 is 46.5 Å². The van der Waals surface area contributed by atoms with Gasteiger partial charge in [-0.1, -0.05) is 90.6 Å². The monoisotopic (exact) mass is 477 g/mol. The van der Waals surface area contributed by atoms with Crippen molar-refractivity contribution in [3.05, 3.63) is 63.7 Å². The second-order valence-corrected chi connectivity index (χ2v) is 11.1. The zero-order valence-corrected chi connectivity index (χ0v) is 20.6. The highest BCUT2D eigenvalue weighted by Crippen LogP contribution is 2.32. The Morgan fingerprint density at radius 2 is 1.77 bits per heavy atom. The number of aromatic nitrogens is 2. The molecule has 158 valence electrons. The highest BCUT2D eigenvalue weighted by atomic mass is 35.5. The summed E-state index contributed by atoms with van der Waals surface area (Å²) in [6.45, 7) is 8.31. The van der Waals surface area contributed by atoms with Gasteiger partial charge in [-0.25, -0.2) is 0 Å². The van der Waals surface area contributed by atoms with E-state index in [1.165, 1.54) is 34.2 Å². The van der Waals surface area contributed by atoms with Crippen molar-refractivity contribution in [2.24, 2.45) is 0 Å². The van der Waals surface area contributed by atoms with Crippen molar-refractivity contribution in [3.8, 4) is 0 Å². The van der Waals surface area contributed by atoms with Crippen molar-refractivity contribution in [2.45, 2.75) is 48.0 Å². The standard InChI is InChI=1S/C22H24ClN3OS3/c1-13(2)17-7-5-16(6-8-17)11-28-21-25-26-22(30-21)29-12-19(27)24-20-15(4)9-14(3)10-18(20)23/h5-10,13H,11-12H2,1-4H3,(H,24,27). The summed E-state index contributed by atoms with van der Waals surface area (Å²) in [4.78, 5) is 12.3. The molecule has 3 aromatic rings. The summed E-state index contributed by atoms with van der Waals surface area (Å²) in [6, 6.07) is 12.6. The lowest BCUT2D eigenvalue weighted by Crippen LogP contribution is -2.15. The third-order valence-corrected chi connectivity index (χ3v) is 7.98. The van der Waals surface area contributed by atoms with Crippen molar-refractivity contribution in [2.75, 3.05) is 11.1 Å². The Balaban J connectivity index is 1.49. The molecule has 0 unspecified atom stereocenters. The van der Waals surface area contributed by atoms with Gasteiger partial charge in [0.15, 0.2) is 8.68 Å². The molecule has 0 spiro atoms. The van der Waals surface area contributed by atoms with Crippen LogP contribution in [0, 0.1) is 13.8 Å². The molecule has 8 heteroatoms. The molecule has 30 heavy (non-hydrogen) atoms. The van der Waals surface area contributed by atoms with Crippen LogP contribution in [0.4, 0.5) is 5.69 Å².